The second-order valence-electron chi connectivity index (χ2n) is 10.8. The van der Waals surface area contributed by atoms with E-state index in [4.69, 9.17) is 14.6 Å². The van der Waals surface area contributed by atoms with Crippen molar-refractivity contribution in [2.24, 2.45) is 11.8 Å². The fourth-order valence-corrected chi connectivity index (χ4v) is 4.48. The van der Waals surface area contributed by atoms with Crippen LogP contribution < -0.4 is 10.6 Å². The lowest BCUT2D eigenvalue weighted by atomic mass is 9.96. The Morgan fingerprint density at radius 2 is 1.82 bits per heavy atom. The summed E-state index contributed by atoms with van der Waals surface area (Å²) in [6.45, 7) is 5.10. The molecule has 1 aromatic heterocycles. The summed E-state index contributed by atoms with van der Waals surface area (Å²) in [4.78, 5) is 54.4. The second-order valence-corrected chi connectivity index (χ2v) is 10.8. The molecule has 10 heteroatoms. The molecule has 3 atom stereocenters. The van der Waals surface area contributed by atoms with E-state index in [0.717, 1.165) is 16.5 Å². The van der Waals surface area contributed by atoms with Gasteiger partial charge < -0.3 is 30.2 Å². The van der Waals surface area contributed by atoms with E-state index in [1.807, 2.05) is 30.5 Å². The Labute approximate surface area is 228 Å². The van der Waals surface area contributed by atoms with E-state index < -0.39 is 35.4 Å². The molecule has 1 aliphatic rings. The number of hydrogen-bond acceptors (Lipinski definition) is 7. The average Bonchev–Trinajstić information content (AvgIpc) is 3.27. The van der Waals surface area contributed by atoms with Crippen molar-refractivity contribution < 1.29 is 33.8 Å². The van der Waals surface area contributed by atoms with Gasteiger partial charge in [0.05, 0.1) is 30.9 Å². The van der Waals surface area contributed by atoms with Crippen molar-refractivity contribution in [3.8, 4) is 0 Å². The summed E-state index contributed by atoms with van der Waals surface area (Å²) < 4.78 is 11.0. The number of aromatic nitrogens is 1. The van der Waals surface area contributed by atoms with Crippen molar-refractivity contribution in [3.63, 3.8) is 0 Å². The van der Waals surface area contributed by atoms with Crippen LogP contribution in [0.3, 0.4) is 0 Å². The minimum atomic E-state index is -0.744. The Hall–Kier alpha value is -3.66. The Bertz CT molecular complexity index is 1180. The number of allylic oxidation sites excluding steroid dienone is 2. The highest BCUT2D eigenvalue weighted by Crippen LogP contribution is 2.22. The normalized spacial score (nSPS) is 21.7. The maximum Gasteiger partial charge on any atom is 0.309 e. The summed E-state index contributed by atoms with van der Waals surface area (Å²) in [7, 11) is 0. The fourth-order valence-electron chi connectivity index (χ4n) is 4.48. The molecule has 0 saturated carbocycles. The predicted molar refractivity (Wildman–Crippen MR) is 145 cm³/mol. The number of ether oxygens (including phenoxy) is 2. The summed E-state index contributed by atoms with van der Waals surface area (Å²) in [5.41, 5.74) is 1.22. The van der Waals surface area contributed by atoms with Crippen molar-refractivity contribution in [1.29, 1.82) is 0 Å². The lowest BCUT2D eigenvalue weighted by Gasteiger charge is -2.25. The monoisotopic (exact) mass is 541 g/mol. The molecule has 0 radical (unpaired) electrons. The molecular weight excluding hydrogens is 502 g/mol. The van der Waals surface area contributed by atoms with E-state index in [-0.39, 0.29) is 57.3 Å². The molecule has 0 fully saturated rings. The van der Waals surface area contributed by atoms with Crippen LogP contribution in [0.5, 0.6) is 0 Å². The average molecular weight is 542 g/mol. The lowest BCUT2D eigenvalue weighted by molar-refractivity contribution is -0.161. The van der Waals surface area contributed by atoms with E-state index in [2.05, 4.69) is 15.6 Å². The van der Waals surface area contributed by atoms with Crippen molar-refractivity contribution in [2.45, 2.75) is 64.5 Å². The number of hydrogen-bond donors (Lipinski definition) is 4. The Morgan fingerprint density at radius 1 is 1.10 bits per heavy atom. The summed E-state index contributed by atoms with van der Waals surface area (Å²) in [6, 6.07) is 7.21. The highest BCUT2D eigenvalue weighted by atomic mass is 16.6. The summed E-state index contributed by atoms with van der Waals surface area (Å²) in [5, 5.41) is 15.6. The van der Waals surface area contributed by atoms with E-state index >= 15 is 0 Å². The molecule has 3 rings (SSSR count). The molecule has 2 heterocycles. The molecule has 0 bridgehead atoms. The first-order chi connectivity index (χ1) is 18.6. The third-order valence-electron chi connectivity index (χ3n) is 6.33. The quantitative estimate of drug-likeness (QED) is 0.297. The number of amides is 2. The van der Waals surface area contributed by atoms with Gasteiger partial charge in [-0.1, -0.05) is 30.4 Å². The van der Waals surface area contributed by atoms with Crippen LogP contribution in [-0.4, -0.2) is 65.2 Å². The van der Waals surface area contributed by atoms with Crippen LogP contribution in [0.4, 0.5) is 0 Å². The van der Waals surface area contributed by atoms with E-state index in [1.165, 1.54) is 0 Å². The first-order valence-electron chi connectivity index (χ1n) is 13.3. The van der Waals surface area contributed by atoms with Crippen molar-refractivity contribution in [3.05, 3.63) is 48.2 Å². The highest BCUT2D eigenvalue weighted by Gasteiger charge is 2.29. The number of fused-ring (bicyclic) bond motifs is 1. The number of aromatic amines is 1. The molecular formula is C29H39N3O7. The Balaban J connectivity index is 1.82. The third-order valence-corrected chi connectivity index (χ3v) is 6.33. The molecule has 4 N–H and O–H groups in total. The Kier molecular flexibility index (Phi) is 10.7. The standard InChI is InChI=1S/C29H39N3O7/c1-29(2,3)39-26(35)16-20-9-5-4-8-19(15-25(34)30-12-13-33)27(36)32-22(18-38-28(20)37)14-21-17-31-24-11-7-6-10-23(21)24/h4-7,10-11,17,19-20,22,31,33H,8-9,12-16,18H2,1-3H3,(H,30,34)(H,32,36)/b5-4-/t19-,20-,22+/m0/s1. The number of rotatable bonds is 8. The molecule has 2 amide bonds. The largest absolute Gasteiger partial charge is 0.463 e. The number of carbonyl (C=O) groups is 4. The Morgan fingerprint density at radius 3 is 2.54 bits per heavy atom. The van der Waals surface area contributed by atoms with Crippen LogP contribution in [0.1, 0.15) is 52.0 Å². The number of aliphatic hydroxyl groups excluding tert-OH is 1. The van der Waals surface area contributed by atoms with Crippen LogP contribution in [-0.2, 0) is 35.1 Å². The molecule has 0 saturated heterocycles. The van der Waals surface area contributed by atoms with E-state index in [9.17, 15) is 19.2 Å². The van der Waals surface area contributed by atoms with Gasteiger partial charge in [0, 0.05) is 30.1 Å². The maximum absolute atomic E-state index is 13.3. The van der Waals surface area contributed by atoms with Crippen LogP contribution in [0.25, 0.3) is 10.9 Å². The minimum Gasteiger partial charge on any atom is -0.463 e. The second kappa shape index (κ2) is 13.9. The molecule has 0 unspecified atom stereocenters. The summed E-state index contributed by atoms with van der Waals surface area (Å²) in [6.07, 6.45) is 6.04. The molecule has 39 heavy (non-hydrogen) atoms. The van der Waals surface area contributed by atoms with Gasteiger partial charge in [-0.2, -0.15) is 0 Å². The van der Waals surface area contributed by atoms with Gasteiger partial charge >= 0.3 is 11.9 Å². The zero-order valence-electron chi connectivity index (χ0n) is 22.8. The molecule has 2 aromatic rings. The van der Waals surface area contributed by atoms with Crippen LogP contribution in [0.2, 0.25) is 0 Å². The van der Waals surface area contributed by atoms with Crippen LogP contribution >= 0.6 is 0 Å². The number of nitrogens with one attached hydrogen (secondary N) is 3. The number of esters is 2. The molecule has 1 aromatic carbocycles. The van der Waals surface area contributed by atoms with E-state index in [1.54, 1.807) is 32.9 Å². The van der Waals surface area contributed by atoms with Crippen LogP contribution in [0, 0.1) is 11.8 Å². The highest BCUT2D eigenvalue weighted by molar-refractivity contribution is 5.87. The number of carbonyl (C=O) groups excluding carboxylic acids is 4. The summed E-state index contributed by atoms with van der Waals surface area (Å²) >= 11 is 0. The number of benzene rings is 1. The number of aliphatic hydroxyl groups is 1. The van der Waals surface area contributed by atoms with Gasteiger partial charge in [-0.05, 0) is 51.7 Å². The maximum atomic E-state index is 13.3. The zero-order chi connectivity index (χ0) is 28.4. The number of para-hydroxylation sites is 1. The van der Waals surface area contributed by atoms with Gasteiger partial charge in [0.15, 0.2) is 0 Å². The lowest BCUT2D eigenvalue weighted by Crippen LogP contribution is -2.45. The zero-order valence-corrected chi connectivity index (χ0v) is 22.8. The minimum absolute atomic E-state index is 0.0584. The van der Waals surface area contributed by atoms with E-state index in [0.29, 0.717) is 6.42 Å². The van der Waals surface area contributed by atoms with Crippen molar-refractivity contribution >= 4 is 34.7 Å². The van der Waals surface area contributed by atoms with Crippen LogP contribution in [0.15, 0.2) is 42.6 Å². The number of H-pyrrole nitrogens is 1. The van der Waals surface area contributed by atoms with Crippen molar-refractivity contribution in [1.82, 2.24) is 15.6 Å². The first-order valence-corrected chi connectivity index (χ1v) is 13.3. The molecule has 10 nitrogen and oxygen atoms in total. The molecule has 212 valence electrons. The molecule has 1 aliphatic heterocycles. The van der Waals surface area contributed by atoms with Gasteiger partial charge in [-0.3, -0.25) is 19.2 Å². The smallest absolute Gasteiger partial charge is 0.309 e. The fraction of sp³-hybridized carbons (Fsp3) is 0.517. The summed E-state index contributed by atoms with van der Waals surface area (Å²) in [5.74, 6) is -3.11. The van der Waals surface area contributed by atoms with Gasteiger partial charge in [0.2, 0.25) is 11.8 Å². The first kappa shape index (κ1) is 29.9. The molecule has 0 spiro atoms. The van der Waals surface area contributed by atoms with Gasteiger partial charge in [0.1, 0.15) is 12.2 Å². The SMILES string of the molecule is CC(C)(C)OC(=O)C[C@@H]1C/C=C\C[C@@H](CC(=O)NCCO)C(=O)N[C@H](Cc2c[nH]c3ccccc23)COC1=O. The third kappa shape index (κ3) is 9.55. The molecule has 0 aliphatic carbocycles. The van der Waals surface area contributed by atoms with Gasteiger partial charge in [-0.15, -0.1) is 0 Å². The number of cyclic esters (lactones) is 1. The van der Waals surface area contributed by atoms with Gasteiger partial charge in [0.25, 0.3) is 0 Å². The predicted octanol–water partition coefficient (Wildman–Crippen LogP) is 2.55. The van der Waals surface area contributed by atoms with Crippen molar-refractivity contribution in [2.75, 3.05) is 19.8 Å². The van der Waals surface area contributed by atoms with Gasteiger partial charge in [-0.25, -0.2) is 0 Å². The topological polar surface area (TPSA) is 147 Å².